The van der Waals surface area contributed by atoms with Crippen molar-refractivity contribution in [2.45, 2.75) is 78.6 Å². The molecular weight excluding hydrogens is 280 g/mol. The van der Waals surface area contributed by atoms with E-state index < -0.39 is 0 Å². The summed E-state index contributed by atoms with van der Waals surface area (Å²) in [6, 6.07) is 4.36. The lowest BCUT2D eigenvalue weighted by molar-refractivity contribution is -0.0982. The number of rotatable bonds is 0. The molecule has 0 bridgehead atoms. The van der Waals surface area contributed by atoms with Crippen LogP contribution < -0.4 is 0 Å². The Morgan fingerprint density at radius 1 is 1.00 bits per heavy atom. The fraction of sp³-hybridized carbons (Fsp3) is 0.727. The predicted octanol–water partition coefficient (Wildman–Crippen LogP) is 5.76. The highest BCUT2D eigenvalue weighted by Crippen LogP contribution is 2.67. The van der Waals surface area contributed by atoms with E-state index in [4.69, 9.17) is 0 Å². The van der Waals surface area contributed by atoms with Crippen LogP contribution in [0.5, 0.6) is 5.75 Å². The molecule has 0 aliphatic heterocycles. The van der Waals surface area contributed by atoms with Crippen molar-refractivity contribution in [3.05, 3.63) is 28.8 Å². The molecule has 4 atom stereocenters. The van der Waals surface area contributed by atoms with E-state index in [0.717, 1.165) is 17.4 Å². The van der Waals surface area contributed by atoms with Gasteiger partial charge in [-0.3, -0.25) is 0 Å². The zero-order valence-electron chi connectivity index (χ0n) is 15.5. The maximum Gasteiger partial charge on any atom is 0.118 e. The maximum atomic E-state index is 10.2. The number of aryl methyl sites for hydroxylation is 1. The monoisotopic (exact) mass is 312 g/mol. The molecule has 0 unspecified atom stereocenters. The molecule has 0 amide bonds. The van der Waals surface area contributed by atoms with Gasteiger partial charge >= 0.3 is 0 Å². The zero-order valence-corrected chi connectivity index (χ0v) is 15.5. The van der Waals surface area contributed by atoms with Gasteiger partial charge in [-0.25, -0.2) is 0 Å². The lowest BCUT2D eigenvalue weighted by Crippen LogP contribution is -2.55. The van der Waals surface area contributed by atoms with E-state index in [2.05, 4.69) is 39.8 Å². The Bertz CT molecular complexity index is 658. The quantitative estimate of drug-likeness (QED) is 0.646. The summed E-state index contributed by atoms with van der Waals surface area (Å²) in [4.78, 5) is 0. The summed E-state index contributed by atoms with van der Waals surface area (Å²) in [6.07, 6.45) is 8.02. The third-order valence-electron chi connectivity index (χ3n) is 8.25. The highest BCUT2D eigenvalue weighted by atomic mass is 16.3. The van der Waals surface area contributed by atoms with Crippen LogP contribution in [-0.4, -0.2) is 5.11 Å². The Morgan fingerprint density at radius 3 is 2.48 bits per heavy atom. The van der Waals surface area contributed by atoms with E-state index in [0.29, 0.717) is 22.0 Å². The van der Waals surface area contributed by atoms with Crippen molar-refractivity contribution in [2.24, 2.45) is 22.7 Å². The summed E-state index contributed by atoms with van der Waals surface area (Å²) < 4.78 is 0. The molecular formula is C22H32O. The van der Waals surface area contributed by atoms with Crippen LogP contribution in [0.2, 0.25) is 0 Å². The third-order valence-corrected chi connectivity index (χ3v) is 8.25. The van der Waals surface area contributed by atoms with Gasteiger partial charge in [-0.2, -0.15) is 0 Å². The summed E-state index contributed by atoms with van der Waals surface area (Å²) >= 11 is 0. The fourth-order valence-corrected chi connectivity index (χ4v) is 7.09. The van der Waals surface area contributed by atoms with Crippen LogP contribution in [0, 0.1) is 29.6 Å². The Kier molecular flexibility index (Phi) is 3.08. The van der Waals surface area contributed by atoms with Crippen LogP contribution >= 0.6 is 0 Å². The minimum absolute atomic E-state index is 0.312. The summed E-state index contributed by atoms with van der Waals surface area (Å²) in [6.45, 7) is 12.2. The molecule has 0 saturated heterocycles. The smallest absolute Gasteiger partial charge is 0.118 e. The van der Waals surface area contributed by atoms with E-state index >= 15 is 0 Å². The van der Waals surface area contributed by atoms with Crippen LogP contribution in [0.15, 0.2) is 12.1 Å². The van der Waals surface area contributed by atoms with Crippen molar-refractivity contribution in [3.63, 3.8) is 0 Å². The van der Waals surface area contributed by atoms with Gasteiger partial charge in [0, 0.05) is 0 Å². The molecule has 2 fully saturated rings. The highest BCUT2D eigenvalue weighted by molar-refractivity contribution is 5.49. The SMILES string of the molecule is Cc1cc2c(cc1O)C[C@@H]1[C@@]3(C)CCCC(C)(C)[C@@H]3CC[C@@]21C. The molecule has 0 spiro atoms. The average Bonchev–Trinajstić information content (AvgIpc) is 2.73. The Hall–Kier alpha value is -0.980. The van der Waals surface area contributed by atoms with Gasteiger partial charge in [-0.1, -0.05) is 40.2 Å². The first kappa shape index (κ1) is 15.5. The first-order valence-electron chi connectivity index (χ1n) is 9.51. The number of benzene rings is 1. The maximum absolute atomic E-state index is 10.2. The molecule has 1 N–H and O–H groups in total. The van der Waals surface area contributed by atoms with Gasteiger partial charge < -0.3 is 5.11 Å². The lowest BCUT2D eigenvalue weighted by Gasteiger charge is -2.61. The second-order valence-electron chi connectivity index (χ2n) is 9.91. The van der Waals surface area contributed by atoms with Crippen LogP contribution in [0.3, 0.4) is 0 Å². The second-order valence-corrected chi connectivity index (χ2v) is 9.91. The first-order chi connectivity index (χ1) is 10.7. The molecule has 0 aromatic heterocycles. The number of aromatic hydroxyl groups is 1. The summed E-state index contributed by atoms with van der Waals surface area (Å²) in [5, 5.41) is 10.2. The molecule has 1 aromatic carbocycles. The molecule has 1 nitrogen and oxygen atoms in total. The van der Waals surface area contributed by atoms with Gasteiger partial charge in [-0.05, 0) is 89.9 Å². The molecule has 1 aromatic rings. The van der Waals surface area contributed by atoms with Crippen LogP contribution in [0.25, 0.3) is 0 Å². The van der Waals surface area contributed by atoms with E-state index in [9.17, 15) is 5.11 Å². The molecule has 4 rings (SSSR count). The second kappa shape index (κ2) is 4.55. The summed E-state index contributed by atoms with van der Waals surface area (Å²) in [5.74, 6) is 2.08. The van der Waals surface area contributed by atoms with Crippen molar-refractivity contribution in [1.82, 2.24) is 0 Å². The Morgan fingerprint density at radius 2 is 1.74 bits per heavy atom. The van der Waals surface area contributed by atoms with Gasteiger partial charge in [0.05, 0.1) is 0 Å². The highest BCUT2D eigenvalue weighted by Gasteiger charge is 2.60. The van der Waals surface area contributed by atoms with Crippen molar-refractivity contribution in [2.75, 3.05) is 0 Å². The van der Waals surface area contributed by atoms with E-state index in [1.807, 2.05) is 6.92 Å². The Balaban J connectivity index is 1.82. The summed E-state index contributed by atoms with van der Waals surface area (Å²) in [5.41, 5.74) is 5.26. The van der Waals surface area contributed by atoms with Crippen LogP contribution in [-0.2, 0) is 11.8 Å². The van der Waals surface area contributed by atoms with E-state index in [1.165, 1.54) is 44.1 Å². The largest absolute Gasteiger partial charge is 0.508 e. The normalized spacial score (nSPS) is 41.1. The number of hydrogen-bond donors (Lipinski definition) is 1. The van der Waals surface area contributed by atoms with Gasteiger partial charge in [0.1, 0.15) is 5.75 Å². The van der Waals surface area contributed by atoms with Gasteiger partial charge in [0.25, 0.3) is 0 Å². The molecule has 3 aliphatic carbocycles. The van der Waals surface area contributed by atoms with Crippen LogP contribution in [0.4, 0.5) is 0 Å². The molecule has 23 heavy (non-hydrogen) atoms. The van der Waals surface area contributed by atoms with Gasteiger partial charge in [-0.15, -0.1) is 0 Å². The van der Waals surface area contributed by atoms with Crippen molar-refractivity contribution >= 4 is 0 Å². The fourth-order valence-electron chi connectivity index (χ4n) is 7.09. The Labute approximate surface area is 141 Å². The topological polar surface area (TPSA) is 20.2 Å². The van der Waals surface area contributed by atoms with Gasteiger partial charge in [0.15, 0.2) is 0 Å². The number of phenolic OH excluding ortho intramolecular Hbond substituents is 1. The minimum atomic E-state index is 0.312. The molecule has 126 valence electrons. The zero-order chi connectivity index (χ0) is 16.6. The molecule has 2 saturated carbocycles. The number of hydrogen-bond acceptors (Lipinski definition) is 1. The third kappa shape index (κ3) is 1.91. The van der Waals surface area contributed by atoms with Crippen molar-refractivity contribution in [3.8, 4) is 5.75 Å². The van der Waals surface area contributed by atoms with E-state index in [-0.39, 0.29) is 0 Å². The minimum Gasteiger partial charge on any atom is -0.508 e. The van der Waals surface area contributed by atoms with E-state index in [1.54, 1.807) is 5.56 Å². The van der Waals surface area contributed by atoms with Crippen molar-refractivity contribution < 1.29 is 5.11 Å². The molecule has 1 heteroatoms. The first-order valence-corrected chi connectivity index (χ1v) is 9.51. The number of phenols is 1. The average molecular weight is 312 g/mol. The van der Waals surface area contributed by atoms with Crippen LogP contribution in [0.1, 0.15) is 76.5 Å². The number of fused-ring (bicyclic) bond motifs is 5. The molecule has 3 aliphatic rings. The molecule has 0 heterocycles. The van der Waals surface area contributed by atoms with Gasteiger partial charge in [0.2, 0.25) is 0 Å². The lowest BCUT2D eigenvalue weighted by atomic mass is 9.43. The van der Waals surface area contributed by atoms with Crippen molar-refractivity contribution in [1.29, 1.82) is 0 Å². The predicted molar refractivity (Wildman–Crippen MR) is 95.9 cm³/mol. The molecule has 0 radical (unpaired) electrons. The summed E-state index contributed by atoms with van der Waals surface area (Å²) in [7, 11) is 0. The standard InChI is InChI=1S/C22H32O/c1-14-11-16-15(12-17(14)23)13-19-21(16,4)10-7-18-20(2,3)8-6-9-22(18,19)5/h11-12,18-19,23H,6-10,13H2,1-5H3/t18-,19-,21-,22-/m0/s1.